The second kappa shape index (κ2) is 4.42. The standard InChI is InChI=1S/C11H13N5S/c1-6-9(7-2-4-8(12)5-3-7)17-11(15-6)16-10(13)14/h2-5H,12H2,1H3,(H4,13,14,15,16). The molecule has 0 saturated carbocycles. The third kappa shape index (κ3) is 2.54. The van der Waals surface area contributed by atoms with E-state index in [2.05, 4.69) is 10.3 Å². The van der Waals surface area contributed by atoms with Gasteiger partial charge in [-0.05, 0) is 24.6 Å². The van der Waals surface area contributed by atoms with Crippen molar-refractivity contribution < 1.29 is 0 Å². The SMILES string of the molecule is Cc1nc(NC(=N)N)sc1-c1ccc(N)cc1. The molecule has 0 saturated heterocycles. The van der Waals surface area contributed by atoms with Crippen LogP contribution in [0.5, 0.6) is 0 Å². The minimum Gasteiger partial charge on any atom is -0.399 e. The number of aryl methyl sites for hydroxylation is 1. The van der Waals surface area contributed by atoms with Crippen molar-refractivity contribution in [1.82, 2.24) is 4.98 Å². The molecule has 2 rings (SSSR count). The topological polar surface area (TPSA) is 101 Å². The number of rotatable bonds is 2. The number of anilines is 2. The van der Waals surface area contributed by atoms with Crippen molar-refractivity contribution in [2.45, 2.75) is 6.92 Å². The highest BCUT2D eigenvalue weighted by Crippen LogP contribution is 2.32. The highest BCUT2D eigenvalue weighted by Gasteiger charge is 2.09. The summed E-state index contributed by atoms with van der Waals surface area (Å²) in [4.78, 5) is 5.35. The minimum atomic E-state index is -0.109. The molecule has 6 heteroatoms. The van der Waals surface area contributed by atoms with Crippen molar-refractivity contribution in [3.8, 4) is 10.4 Å². The molecule has 0 fully saturated rings. The van der Waals surface area contributed by atoms with E-state index in [0.29, 0.717) is 5.13 Å². The van der Waals surface area contributed by atoms with E-state index in [9.17, 15) is 0 Å². The van der Waals surface area contributed by atoms with E-state index in [0.717, 1.165) is 21.8 Å². The summed E-state index contributed by atoms with van der Waals surface area (Å²) < 4.78 is 0. The van der Waals surface area contributed by atoms with Crippen LogP contribution in [-0.2, 0) is 0 Å². The molecule has 2 aromatic rings. The predicted octanol–water partition coefficient (Wildman–Crippen LogP) is 2.01. The Labute approximate surface area is 103 Å². The van der Waals surface area contributed by atoms with Crippen molar-refractivity contribution in [3.63, 3.8) is 0 Å². The van der Waals surface area contributed by atoms with Crippen LogP contribution in [0.2, 0.25) is 0 Å². The molecule has 6 N–H and O–H groups in total. The van der Waals surface area contributed by atoms with E-state index in [-0.39, 0.29) is 5.96 Å². The van der Waals surface area contributed by atoms with Gasteiger partial charge in [0.25, 0.3) is 0 Å². The lowest BCUT2D eigenvalue weighted by Crippen LogP contribution is -2.20. The summed E-state index contributed by atoms with van der Waals surface area (Å²) in [6, 6.07) is 7.61. The molecule has 17 heavy (non-hydrogen) atoms. The van der Waals surface area contributed by atoms with Crippen molar-refractivity contribution in [2.24, 2.45) is 5.73 Å². The summed E-state index contributed by atoms with van der Waals surface area (Å²) in [7, 11) is 0. The van der Waals surface area contributed by atoms with Gasteiger partial charge in [0.1, 0.15) is 0 Å². The summed E-state index contributed by atoms with van der Waals surface area (Å²) in [5.74, 6) is -0.109. The van der Waals surface area contributed by atoms with E-state index in [4.69, 9.17) is 16.9 Å². The minimum absolute atomic E-state index is 0.109. The number of nitrogens with zero attached hydrogens (tertiary/aromatic N) is 1. The maximum atomic E-state index is 7.16. The van der Waals surface area contributed by atoms with E-state index in [1.54, 1.807) is 0 Å². The first-order valence-electron chi connectivity index (χ1n) is 5.00. The van der Waals surface area contributed by atoms with E-state index < -0.39 is 0 Å². The summed E-state index contributed by atoms with van der Waals surface area (Å²) >= 11 is 1.46. The van der Waals surface area contributed by atoms with Crippen LogP contribution >= 0.6 is 11.3 Å². The van der Waals surface area contributed by atoms with Crippen LogP contribution in [0, 0.1) is 12.3 Å². The fraction of sp³-hybridized carbons (Fsp3) is 0.0909. The zero-order valence-electron chi connectivity index (χ0n) is 9.32. The molecule has 1 aromatic heterocycles. The third-order valence-electron chi connectivity index (χ3n) is 2.21. The van der Waals surface area contributed by atoms with Crippen LogP contribution in [0.3, 0.4) is 0 Å². The average Bonchev–Trinajstić information content (AvgIpc) is 2.59. The molecule has 0 bridgehead atoms. The number of nitrogens with two attached hydrogens (primary N) is 2. The third-order valence-corrected chi connectivity index (χ3v) is 3.33. The lowest BCUT2D eigenvalue weighted by atomic mass is 10.1. The Hall–Kier alpha value is -2.08. The molecule has 0 atom stereocenters. The lowest BCUT2D eigenvalue weighted by molar-refractivity contribution is 1.26. The largest absolute Gasteiger partial charge is 0.399 e. The number of thiazole rings is 1. The summed E-state index contributed by atoms with van der Waals surface area (Å²) in [6.45, 7) is 1.92. The maximum Gasteiger partial charge on any atom is 0.192 e. The second-order valence-corrected chi connectivity index (χ2v) is 4.59. The Morgan fingerprint density at radius 3 is 2.59 bits per heavy atom. The quantitative estimate of drug-likeness (QED) is 0.370. The van der Waals surface area contributed by atoms with Crippen molar-refractivity contribution in [2.75, 3.05) is 11.1 Å². The average molecular weight is 247 g/mol. The molecule has 0 radical (unpaired) electrons. The first kappa shape index (κ1) is 11.4. The Bertz CT molecular complexity index is 543. The number of aromatic nitrogens is 1. The van der Waals surface area contributed by atoms with Crippen LogP contribution in [0.15, 0.2) is 24.3 Å². The molecule has 1 aromatic carbocycles. The molecule has 0 amide bonds. The normalized spacial score (nSPS) is 10.2. The van der Waals surface area contributed by atoms with Gasteiger partial charge in [-0.1, -0.05) is 23.5 Å². The van der Waals surface area contributed by atoms with Gasteiger partial charge < -0.3 is 16.8 Å². The van der Waals surface area contributed by atoms with Crippen LogP contribution in [0.25, 0.3) is 10.4 Å². The first-order chi connectivity index (χ1) is 8.06. The number of nitrogen functional groups attached to an aromatic ring is 1. The highest BCUT2D eigenvalue weighted by atomic mass is 32.1. The van der Waals surface area contributed by atoms with Gasteiger partial charge in [0.05, 0.1) is 10.6 Å². The lowest BCUT2D eigenvalue weighted by Gasteiger charge is -1.99. The zero-order valence-corrected chi connectivity index (χ0v) is 10.1. The van der Waals surface area contributed by atoms with Gasteiger partial charge in [0, 0.05) is 5.69 Å². The summed E-state index contributed by atoms with van der Waals surface area (Å²) in [5, 5.41) is 10.5. The Balaban J connectivity index is 2.35. The van der Waals surface area contributed by atoms with Gasteiger partial charge >= 0.3 is 0 Å². The molecule has 5 nitrogen and oxygen atoms in total. The highest BCUT2D eigenvalue weighted by molar-refractivity contribution is 7.19. The van der Waals surface area contributed by atoms with Gasteiger partial charge in [-0.2, -0.15) is 0 Å². The van der Waals surface area contributed by atoms with Crippen molar-refractivity contribution >= 4 is 28.1 Å². The van der Waals surface area contributed by atoms with Crippen molar-refractivity contribution in [3.05, 3.63) is 30.0 Å². The van der Waals surface area contributed by atoms with Gasteiger partial charge in [-0.25, -0.2) is 4.98 Å². The number of benzene rings is 1. The van der Waals surface area contributed by atoms with Crippen LogP contribution < -0.4 is 16.8 Å². The fourth-order valence-electron chi connectivity index (χ4n) is 1.47. The zero-order chi connectivity index (χ0) is 12.4. The van der Waals surface area contributed by atoms with E-state index in [1.165, 1.54) is 11.3 Å². The van der Waals surface area contributed by atoms with Gasteiger partial charge in [-0.15, -0.1) is 0 Å². The smallest absolute Gasteiger partial charge is 0.192 e. The van der Waals surface area contributed by atoms with Crippen molar-refractivity contribution in [1.29, 1.82) is 5.41 Å². The molecule has 0 aliphatic heterocycles. The molecular weight excluding hydrogens is 234 g/mol. The van der Waals surface area contributed by atoms with Gasteiger partial charge in [-0.3, -0.25) is 5.41 Å². The number of hydrogen-bond acceptors (Lipinski definition) is 4. The molecule has 0 aliphatic carbocycles. The molecular formula is C11H13N5S. The first-order valence-corrected chi connectivity index (χ1v) is 5.82. The van der Waals surface area contributed by atoms with Crippen LogP contribution in [0.1, 0.15) is 5.69 Å². The Morgan fingerprint density at radius 2 is 2.00 bits per heavy atom. The maximum absolute atomic E-state index is 7.16. The molecule has 0 aliphatic rings. The predicted molar refractivity (Wildman–Crippen MR) is 72.2 cm³/mol. The second-order valence-electron chi connectivity index (χ2n) is 3.59. The van der Waals surface area contributed by atoms with E-state index >= 15 is 0 Å². The molecule has 88 valence electrons. The van der Waals surface area contributed by atoms with Crippen LogP contribution in [0.4, 0.5) is 10.8 Å². The molecule has 0 spiro atoms. The number of hydrogen-bond donors (Lipinski definition) is 4. The van der Waals surface area contributed by atoms with Crippen LogP contribution in [-0.4, -0.2) is 10.9 Å². The number of nitrogens with one attached hydrogen (secondary N) is 2. The van der Waals surface area contributed by atoms with Gasteiger partial charge in [0.2, 0.25) is 0 Å². The summed E-state index contributed by atoms with van der Waals surface area (Å²) in [6.07, 6.45) is 0. The Morgan fingerprint density at radius 1 is 1.35 bits per heavy atom. The monoisotopic (exact) mass is 247 g/mol. The molecule has 0 unspecified atom stereocenters. The van der Waals surface area contributed by atoms with Gasteiger partial charge in [0.15, 0.2) is 11.1 Å². The number of guanidine groups is 1. The summed E-state index contributed by atoms with van der Waals surface area (Å²) in [5.41, 5.74) is 13.6. The fourth-order valence-corrected chi connectivity index (χ4v) is 2.45. The molecule has 1 heterocycles. The van der Waals surface area contributed by atoms with E-state index in [1.807, 2.05) is 31.2 Å². The Kier molecular flexibility index (Phi) is 2.97.